The predicted molar refractivity (Wildman–Crippen MR) is 126 cm³/mol. The van der Waals surface area contributed by atoms with E-state index >= 15 is 0 Å². The Hall–Kier alpha value is -3.29. The van der Waals surface area contributed by atoms with E-state index in [1.54, 1.807) is 13.2 Å². The maximum absolute atomic E-state index is 13.0. The third-order valence-corrected chi connectivity index (χ3v) is 6.11. The number of fused-ring (bicyclic) bond motifs is 1. The predicted octanol–water partition coefficient (Wildman–Crippen LogP) is 2.25. The zero-order valence-electron chi connectivity index (χ0n) is 18.3. The van der Waals surface area contributed by atoms with Crippen LogP contribution in [0.4, 0.5) is 5.82 Å². The number of likely N-dealkylation sites (tertiary alicyclic amines) is 1. The first-order chi connectivity index (χ1) is 15.5. The molecule has 32 heavy (non-hydrogen) atoms. The highest BCUT2D eigenvalue weighted by molar-refractivity contribution is 6.00. The summed E-state index contributed by atoms with van der Waals surface area (Å²) >= 11 is 0. The van der Waals surface area contributed by atoms with Gasteiger partial charge in [0.05, 0.1) is 12.1 Å². The van der Waals surface area contributed by atoms with Gasteiger partial charge >= 0.3 is 0 Å². The van der Waals surface area contributed by atoms with E-state index in [9.17, 15) is 9.59 Å². The van der Waals surface area contributed by atoms with E-state index in [0.717, 1.165) is 41.3 Å². The smallest absolute Gasteiger partial charge is 0.244 e. The molecule has 0 aliphatic carbocycles. The molecule has 1 aromatic heterocycles. The number of nitrogens with one attached hydrogen (secondary N) is 2. The summed E-state index contributed by atoms with van der Waals surface area (Å²) in [6, 6.07) is 17.0. The van der Waals surface area contributed by atoms with Gasteiger partial charge in [0.1, 0.15) is 5.82 Å². The molecular formula is C25H29N5O2. The van der Waals surface area contributed by atoms with Gasteiger partial charge in [-0.15, -0.1) is 0 Å². The number of hydrogen-bond donors (Lipinski definition) is 3. The summed E-state index contributed by atoms with van der Waals surface area (Å²) in [7, 11) is 1.74. The Kier molecular flexibility index (Phi) is 6.78. The van der Waals surface area contributed by atoms with Crippen molar-refractivity contribution in [2.24, 2.45) is 0 Å². The highest BCUT2D eigenvalue weighted by Gasteiger charge is 2.32. The zero-order valence-corrected chi connectivity index (χ0v) is 18.3. The SMILES string of the molecule is CN[C@H](Cc1ccccc1)C(=O)NC(=O)[C@@H]1CCCN1Cc1ccc2c(N)nccc2c1. The van der Waals surface area contributed by atoms with Gasteiger partial charge < -0.3 is 11.1 Å². The molecular weight excluding hydrogens is 402 g/mol. The van der Waals surface area contributed by atoms with Crippen molar-refractivity contribution in [1.82, 2.24) is 20.5 Å². The molecule has 0 bridgehead atoms. The third-order valence-electron chi connectivity index (χ3n) is 6.11. The van der Waals surface area contributed by atoms with Crippen molar-refractivity contribution in [3.8, 4) is 0 Å². The third kappa shape index (κ3) is 4.95. The van der Waals surface area contributed by atoms with Gasteiger partial charge in [-0.3, -0.25) is 19.8 Å². The minimum absolute atomic E-state index is 0.227. The van der Waals surface area contributed by atoms with Crippen molar-refractivity contribution >= 4 is 28.4 Å². The molecule has 0 saturated carbocycles. The van der Waals surface area contributed by atoms with Crippen LogP contribution in [0.15, 0.2) is 60.8 Å². The molecule has 0 spiro atoms. The minimum atomic E-state index is -0.462. The van der Waals surface area contributed by atoms with Crippen molar-refractivity contribution in [3.05, 3.63) is 71.9 Å². The van der Waals surface area contributed by atoms with Crippen LogP contribution in [0.3, 0.4) is 0 Å². The molecule has 166 valence electrons. The Morgan fingerprint density at radius 1 is 1.16 bits per heavy atom. The van der Waals surface area contributed by atoms with Gasteiger partial charge in [0.15, 0.2) is 0 Å². The Morgan fingerprint density at radius 3 is 2.75 bits per heavy atom. The number of anilines is 1. The number of rotatable bonds is 7. The average Bonchev–Trinajstić information content (AvgIpc) is 3.26. The number of aromatic nitrogens is 1. The topological polar surface area (TPSA) is 100 Å². The summed E-state index contributed by atoms with van der Waals surface area (Å²) in [6.45, 7) is 1.46. The van der Waals surface area contributed by atoms with Crippen LogP contribution in [0.5, 0.6) is 0 Å². The van der Waals surface area contributed by atoms with Crippen LogP contribution in [-0.4, -0.2) is 47.4 Å². The van der Waals surface area contributed by atoms with Gasteiger partial charge in [0.25, 0.3) is 0 Å². The Labute approximate surface area is 188 Å². The first kappa shape index (κ1) is 21.9. The number of imide groups is 1. The molecule has 1 fully saturated rings. The quantitative estimate of drug-likeness (QED) is 0.531. The van der Waals surface area contributed by atoms with Crippen LogP contribution in [0.1, 0.15) is 24.0 Å². The van der Waals surface area contributed by atoms with Crippen LogP contribution in [0, 0.1) is 0 Å². The molecule has 2 amide bonds. The molecule has 3 aromatic rings. The van der Waals surface area contributed by atoms with Crippen molar-refractivity contribution in [3.63, 3.8) is 0 Å². The molecule has 0 unspecified atom stereocenters. The molecule has 1 aliphatic rings. The lowest BCUT2D eigenvalue weighted by atomic mass is 10.1. The van der Waals surface area contributed by atoms with E-state index in [2.05, 4.69) is 26.6 Å². The number of likely N-dealkylation sites (N-methyl/N-ethyl adjacent to an activating group) is 1. The second-order valence-corrected chi connectivity index (χ2v) is 8.26. The van der Waals surface area contributed by atoms with Gasteiger partial charge in [-0.05, 0) is 61.5 Å². The lowest BCUT2D eigenvalue weighted by Gasteiger charge is -2.24. The molecule has 2 heterocycles. The van der Waals surface area contributed by atoms with Crippen LogP contribution >= 0.6 is 0 Å². The van der Waals surface area contributed by atoms with Gasteiger partial charge in [-0.1, -0.05) is 42.5 Å². The molecule has 1 aliphatic heterocycles. The normalized spacial score (nSPS) is 17.3. The molecule has 0 radical (unpaired) electrons. The molecule has 1 saturated heterocycles. The second kappa shape index (κ2) is 9.89. The zero-order chi connectivity index (χ0) is 22.5. The van der Waals surface area contributed by atoms with Crippen LogP contribution in [0.25, 0.3) is 10.8 Å². The van der Waals surface area contributed by atoms with E-state index in [1.165, 1.54) is 0 Å². The fourth-order valence-electron chi connectivity index (χ4n) is 4.36. The molecule has 2 atom stereocenters. The average molecular weight is 432 g/mol. The number of carbonyl (C=O) groups excluding carboxylic acids is 2. The van der Waals surface area contributed by atoms with Gasteiger partial charge in [-0.25, -0.2) is 4.98 Å². The highest BCUT2D eigenvalue weighted by Crippen LogP contribution is 2.24. The number of amides is 2. The molecule has 4 N–H and O–H groups in total. The maximum Gasteiger partial charge on any atom is 0.244 e. The number of benzene rings is 2. The molecule has 7 heteroatoms. The Morgan fingerprint density at radius 2 is 1.97 bits per heavy atom. The van der Waals surface area contributed by atoms with E-state index in [0.29, 0.717) is 18.8 Å². The highest BCUT2D eigenvalue weighted by atomic mass is 16.2. The number of carbonyl (C=O) groups is 2. The number of nitrogens with zero attached hydrogens (tertiary/aromatic N) is 2. The van der Waals surface area contributed by atoms with Gasteiger partial charge in [-0.2, -0.15) is 0 Å². The van der Waals surface area contributed by atoms with E-state index in [4.69, 9.17) is 5.73 Å². The fourth-order valence-corrected chi connectivity index (χ4v) is 4.36. The maximum atomic E-state index is 13.0. The van der Waals surface area contributed by atoms with E-state index < -0.39 is 6.04 Å². The number of hydrogen-bond acceptors (Lipinski definition) is 6. The summed E-state index contributed by atoms with van der Waals surface area (Å²) in [5.74, 6) is -0.00231. The van der Waals surface area contributed by atoms with Crippen molar-refractivity contribution in [1.29, 1.82) is 0 Å². The first-order valence-corrected chi connectivity index (χ1v) is 11.0. The number of nitrogen functional groups attached to an aromatic ring is 1. The summed E-state index contributed by atoms with van der Waals surface area (Å²) in [4.78, 5) is 32.0. The summed E-state index contributed by atoms with van der Waals surface area (Å²) in [6.07, 6.45) is 3.90. The lowest BCUT2D eigenvalue weighted by molar-refractivity contribution is -0.134. The van der Waals surface area contributed by atoms with Crippen LogP contribution in [-0.2, 0) is 22.6 Å². The fraction of sp³-hybridized carbons (Fsp3) is 0.320. The van der Waals surface area contributed by atoms with Crippen LogP contribution in [0.2, 0.25) is 0 Å². The standard InChI is InChI=1S/C25H29N5O2/c1-27-21(15-17-6-3-2-4-7-17)24(31)29-25(32)22-8-5-13-30(22)16-18-9-10-20-19(14-18)11-12-28-23(20)26/h2-4,6-7,9-12,14,21-22,27H,5,8,13,15-16H2,1H3,(H2,26,28)(H,29,31,32)/t21-,22+/m1/s1. The molecule has 2 aromatic carbocycles. The number of pyridine rings is 1. The number of nitrogens with two attached hydrogens (primary N) is 1. The van der Waals surface area contributed by atoms with E-state index in [1.807, 2.05) is 48.5 Å². The van der Waals surface area contributed by atoms with Gasteiger partial charge in [0, 0.05) is 18.1 Å². The summed E-state index contributed by atoms with van der Waals surface area (Å²) < 4.78 is 0. The monoisotopic (exact) mass is 431 g/mol. The summed E-state index contributed by atoms with van der Waals surface area (Å²) in [5, 5.41) is 7.62. The van der Waals surface area contributed by atoms with Crippen molar-refractivity contribution < 1.29 is 9.59 Å². The van der Waals surface area contributed by atoms with Crippen molar-refractivity contribution in [2.45, 2.75) is 37.9 Å². The van der Waals surface area contributed by atoms with Crippen molar-refractivity contribution in [2.75, 3.05) is 19.3 Å². The van der Waals surface area contributed by atoms with Gasteiger partial charge in [0.2, 0.25) is 11.8 Å². The first-order valence-electron chi connectivity index (χ1n) is 11.0. The van der Waals surface area contributed by atoms with E-state index in [-0.39, 0.29) is 17.9 Å². The minimum Gasteiger partial charge on any atom is -0.383 e. The van der Waals surface area contributed by atoms with Crippen LogP contribution < -0.4 is 16.4 Å². The Bertz CT molecular complexity index is 1100. The molecule has 7 nitrogen and oxygen atoms in total. The lowest BCUT2D eigenvalue weighted by Crippen LogP contribution is -2.51. The second-order valence-electron chi connectivity index (χ2n) is 8.26. The Balaban J connectivity index is 1.40. The largest absolute Gasteiger partial charge is 0.383 e. The molecule has 4 rings (SSSR count). The summed E-state index contributed by atoms with van der Waals surface area (Å²) in [5.41, 5.74) is 8.10.